The third-order valence-corrected chi connectivity index (χ3v) is 3.00. The lowest BCUT2D eigenvalue weighted by molar-refractivity contribution is -0.127. The van der Waals surface area contributed by atoms with Gasteiger partial charge < -0.3 is 15.1 Å². The minimum Gasteiger partial charge on any atom is -0.370 e. The summed E-state index contributed by atoms with van der Waals surface area (Å²) in [6, 6.07) is 0. The number of likely N-dealkylation sites (N-methyl/N-ethyl adjacent to an activating group) is 2. The van der Waals surface area contributed by atoms with E-state index in [1.54, 1.807) is 25.3 Å². The van der Waals surface area contributed by atoms with Crippen LogP contribution in [-0.4, -0.2) is 55.0 Å². The van der Waals surface area contributed by atoms with E-state index in [9.17, 15) is 4.79 Å². The first-order valence-corrected chi connectivity index (χ1v) is 7.00. The molecule has 1 N–H and O–H groups in total. The van der Waals surface area contributed by atoms with Crippen LogP contribution in [0.2, 0.25) is 0 Å². The van der Waals surface area contributed by atoms with Gasteiger partial charge in [0.2, 0.25) is 5.91 Å². The van der Waals surface area contributed by atoms with Gasteiger partial charge in [-0.1, -0.05) is 13.3 Å². The maximum atomic E-state index is 11.8. The minimum absolute atomic E-state index is 0.0542. The summed E-state index contributed by atoms with van der Waals surface area (Å²) in [5.74, 6) is 1.75. The van der Waals surface area contributed by atoms with Gasteiger partial charge in [-0.3, -0.25) is 4.79 Å². The lowest BCUT2D eigenvalue weighted by Crippen LogP contribution is -2.35. The zero-order valence-electron chi connectivity index (χ0n) is 13.1. The third-order valence-electron chi connectivity index (χ3n) is 3.00. The van der Waals surface area contributed by atoms with Crippen LogP contribution in [0.3, 0.4) is 0 Å². The van der Waals surface area contributed by atoms with E-state index in [0.29, 0.717) is 6.54 Å². The van der Waals surface area contributed by atoms with E-state index in [1.165, 1.54) is 0 Å². The molecule has 1 rings (SSSR count). The lowest BCUT2D eigenvalue weighted by Gasteiger charge is -2.23. The predicted octanol–water partition coefficient (Wildman–Crippen LogP) is 1.39. The summed E-state index contributed by atoms with van der Waals surface area (Å²) >= 11 is 0. The van der Waals surface area contributed by atoms with Crippen molar-refractivity contribution < 1.29 is 4.79 Å². The van der Waals surface area contributed by atoms with Crippen LogP contribution in [0.15, 0.2) is 6.33 Å². The van der Waals surface area contributed by atoms with Gasteiger partial charge in [0, 0.05) is 33.3 Å². The Morgan fingerprint density at radius 1 is 1.25 bits per heavy atom. The van der Waals surface area contributed by atoms with Gasteiger partial charge in [0.25, 0.3) is 0 Å². The normalized spacial score (nSPS) is 10.2. The summed E-state index contributed by atoms with van der Waals surface area (Å²) in [5.41, 5.74) is 1.07. The van der Waals surface area contributed by atoms with E-state index in [0.717, 1.165) is 36.6 Å². The van der Waals surface area contributed by atoms with Gasteiger partial charge in [0.15, 0.2) is 0 Å². The number of anilines is 2. The summed E-state index contributed by atoms with van der Waals surface area (Å²) < 4.78 is 0. The van der Waals surface area contributed by atoms with E-state index in [4.69, 9.17) is 0 Å². The molecule has 6 heteroatoms. The average molecular weight is 279 g/mol. The molecule has 0 aliphatic carbocycles. The summed E-state index contributed by atoms with van der Waals surface area (Å²) in [7, 11) is 5.40. The Kier molecular flexibility index (Phi) is 6.21. The highest BCUT2D eigenvalue weighted by Gasteiger charge is 2.16. The number of nitrogens with one attached hydrogen (secondary N) is 1. The first-order valence-electron chi connectivity index (χ1n) is 7.00. The third kappa shape index (κ3) is 4.08. The molecule has 0 unspecified atom stereocenters. The Labute approximate surface area is 121 Å². The van der Waals surface area contributed by atoms with Crippen LogP contribution in [-0.2, 0) is 11.2 Å². The molecule has 0 spiro atoms. The first kappa shape index (κ1) is 16.2. The fraction of sp³-hybridized carbons (Fsp3) is 0.643. The Morgan fingerprint density at radius 2 is 1.95 bits per heavy atom. The Morgan fingerprint density at radius 3 is 2.50 bits per heavy atom. The molecule has 20 heavy (non-hydrogen) atoms. The maximum absolute atomic E-state index is 11.8. The molecule has 0 fully saturated rings. The standard InChI is InChI=1S/C14H25N5O/c1-6-8-11-13(15-7-2)16-10-17-14(11)19(5)9-12(20)18(3)4/h10H,6-9H2,1-5H3,(H,15,16,17). The molecule has 0 aliphatic rings. The first-order chi connectivity index (χ1) is 9.51. The maximum Gasteiger partial charge on any atom is 0.241 e. The highest BCUT2D eigenvalue weighted by atomic mass is 16.2. The number of nitrogens with zero attached hydrogens (tertiary/aromatic N) is 4. The van der Waals surface area contributed by atoms with Crippen LogP contribution in [0.5, 0.6) is 0 Å². The molecule has 1 aromatic rings. The van der Waals surface area contributed by atoms with Gasteiger partial charge >= 0.3 is 0 Å². The zero-order valence-corrected chi connectivity index (χ0v) is 13.1. The lowest BCUT2D eigenvalue weighted by atomic mass is 10.1. The van der Waals surface area contributed by atoms with Crippen LogP contribution >= 0.6 is 0 Å². The number of carbonyl (C=O) groups is 1. The minimum atomic E-state index is 0.0542. The number of hydrogen-bond donors (Lipinski definition) is 1. The molecule has 0 aliphatic heterocycles. The molecule has 1 aromatic heterocycles. The Hall–Kier alpha value is -1.85. The average Bonchev–Trinajstić information content (AvgIpc) is 2.40. The molecule has 0 atom stereocenters. The van der Waals surface area contributed by atoms with Crippen LogP contribution in [0, 0.1) is 0 Å². The second-order valence-electron chi connectivity index (χ2n) is 4.95. The van der Waals surface area contributed by atoms with Gasteiger partial charge in [-0.05, 0) is 13.3 Å². The largest absolute Gasteiger partial charge is 0.370 e. The molecule has 0 radical (unpaired) electrons. The van der Waals surface area contributed by atoms with Crippen molar-refractivity contribution in [3.8, 4) is 0 Å². The topological polar surface area (TPSA) is 61.4 Å². The van der Waals surface area contributed by atoms with Gasteiger partial charge in [-0.2, -0.15) is 0 Å². The van der Waals surface area contributed by atoms with Crippen molar-refractivity contribution in [1.82, 2.24) is 14.9 Å². The van der Waals surface area contributed by atoms with Crippen LogP contribution in [0.4, 0.5) is 11.6 Å². The van der Waals surface area contributed by atoms with E-state index in [1.807, 2.05) is 18.9 Å². The van der Waals surface area contributed by atoms with Crippen molar-refractivity contribution in [2.24, 2.45) is 0 Å². The zero-order chi connectivity index (χ0) is 15.1. The van der Waals surface area contributed by atoms with Gasteiger partial charge in [0.05, 0.1) is 6.54 Å². The molecule has 1 amide bonds. The van der Waals surface area contributed by atoms with Crippen molar-refractivity contribution in [2.75, 3.05) is 44.4 Å². The van der Waals surface area contributed by atoms with E-state index in [2.05, 4.69) is 22.2 Å². The fourth-order valence-corrected chi connectivity index (χ4v) is 1.95. The second kappa shape index (κ2) is 7.67. The van der Waals surface area contributed by atoms with E-state index < -0.39 is 0 Å². The van der Waals surface area contributed by atoms with Crippen LogP contribution < -0.4 is 10.2 Å². The molecule has 6 nitrogen and oxygen atoms in total. The predicted molar refractivity (Wildman–Crippen MR) is 82.2 cm³/mol. The number of hydrogen-bond acceptors (Lipinski definition) is 5. The summed E-state index contributed by atoms with van der Waals surface area (Å²) in [6.07, 6.45) is 3.44. The molecular formula is C14H25N5O. The van der Waals surface area contributed by atoms with Crippen molar-refractivity contribution in [3.05, 3.63) is 11.9 Å². The molecule has 1 heterocycles. The highest BCUT2D eigenvalue weighted by Crippen LogP contribution is 2.24. The Bertz CT molecular complexity index is 447. The number of amides is 1. The Balaban J connectivity index is 3.02. The molecule has 0 saturated heterocycles. The monoisotopic (exact) mass is 279 g/mol. The van der Waals surface area contributed by atoms with Gasteiger partial charge in [0.1, 0.15) is 18.0 Å². The molecule has 112 valence electrons. The molecule has 0 bridgehead atoms. The smallest absolute Gasteiger partial charge is 0.241 e. The van der Waals surface area contributed by atoms with Crippen LogP contribution in [0.25, 0.3) is 0 Å². The fourth-order valence-electron chi connectivity index (χ4n) is 1.95. The van der Waals surface area contributed by atoms with Crippen molar-refractivity contribution in [1.29, 1.82) is 0 Å². The van der Waals surface area contributed by atoms with E-state index >= 15 is 0 Å². The second-order valence-corrected chi connectivity index (χ2v) is 4.95. The number of rotatable bonds is 7. The van der Waals surface area contributed by atoms with Gasteiger partial charge in [-0.15, -0.1) is 0 Å². The molecular weight excluding hydrogens is 254 g/mol. The summed E-state index contributed by atoms with van der Waals surface area (Å²) in [6.45, 7) is 5.29. The highest BCUT2D eigenvalue weighted by molar-refractivity contribution is 5.81. The quantitative estimate of drug-likeness (QED) is 0.817. The van der Waals surface area contributed by atoms with E-state index in [-0.39, 0.29) is 5.91 Å². The summed E-state index contributed by atoms with van der Waals surface area (Å²) in [5, 5.41) is 3.26. The SMILES string of the molecule is CCCc1c(NCC)ncnc1N(C)CC(=O)N(C)C. The molecule has 0 aromatic carbocycles. The van der Waals surface area contributed by atoms with Crippen molar-refractivity contribution in [3.63, 3.8) is 0 Å². The number of aromatic nitrogens is 2. The number of carbonyl (C=O) groups excluding carboxylic acids is 1. The van der Waals surface area contributed by atoms with Gasteiger partial charge in [-0.25, -0.2) is 9.97 Å². The molecule has 0 saturated carbocycles. The summed E-state index contributed by atoms with van der Waals surface area (Å²) in [4.78, 5) is 24.0. The van der Waals surface area contributed by atoms with Crippen LogP contribution in [0.1, 0.15) is 25.8 Å². The van der Waals surface area contributed by atoms with Crippen molar-refractivity contribution in [2.45, 2.75) is 26.7 Å². The van der Waals surface area contributed by atoms with Crippen molar-refractivity contribution >= 4 is 17.5 Å².